The second-order valence-electron chi connectivity index (χ2n) is 4.19. The van der Waals surface area contributed by atoms with Gasteiger partial charge < -0.3 is 14.5 Å². The molecule has 96 valence electrons. The van der Waals surface area contributed by atoms with Crippen LogP contribution in [0.3, 0.4) is 0 Å². The van der Waals surface area contributed by atoms with E-state index in [1.54, 1.807) is 11.9 Å². The van der Waals surface area contributed by atoms with E-state index in [2.05, 4.69) is 5.16 Å². The first-order chi connectivity index (χ1) is 8.72. The van der Waals surface area contributed by atoms with E-state index in [1.165, 1.54) is 0 Å². The second kappa shape index (κ2) is 5.64. The highest BCUT2D eigenvalue weighted by Crippen LogP contribution is 2.18. The SMILES string of the molecule is CN(CCCO)C(=O)Cc1noc2ccccc12. The number of hydrogen-bond acceptors (Lipinski definition) is 4. The number of hydrogen-bond donors (Lipinski definition) is 1. The molecule has 0 aliphatic rings. The quantitative estimate of drug-likeness (QED) is 0.863. The Labute approximate surface area is 105 Å². The van der Waals surface area contributed by atoms with E-state index in [0.717, 1.165) is 5.39 Å². The van der Waals surface area contributed by atoms with Crippen LogP contribution in [0.25, 0.3) is 11.0 Å². The van der Waals surface area contributed by atoms with Gasteiger partial charge in [0.2, 0.25) is 5.91 Å². The van der Waals surface area contributed by atoms with Crippen molar-refractivity contribution in [2.45, 2.75) is 12.8 Å². The van der Waals surface area contributed by atoms with Crippen LogP contribution in [-0.4, -0.2) is 41.3 Å². The lowest BCUT2D eigenvalue weighted by Crippen LogP contribution is -2.29. The minimum atomic E-state index is -0.0255. The van der Waals surface area contributed by atoms with Gasteiger partial charge in [-0.1, -0.05) is 17.3 Å². The van der Waals surface area contributed by atoms with Crippen molar-refractivity contribution in [3.8, 4) is 0 Å². The summed E-state index contributed by atoms with van der Waals surface area (Å²) in [7, 11) is 1.72. The summed E-state index contributed by atoms with van der Waals surface area (Å²) >= 11 is 0. The molecule has 2 aromatic rings. The maximum atomic E-state index is 11.9. The van der Waals surface area contributed by atoms with Gasteiger partial charge in [0.15, 0.2) is 5.58 Å². The summed E-state index contributed by atoms with van der Waals surface area (Å²) in [6.45, 7) is 0.635. The molecular weight excluding hydrogens is 232 g/mol. The van der Waals surface area contributed by atoms with Crippen LogP contribution in [0.1, 0.15) is 12.1 Å². The maximum Gasteiger partial charge on any atom is 0.228 e. The van der Waals surface area contributed by atoms with Crippen LogP contribution >= 0.6 is 0 Å². The van der Waals surface area contributed by atoms with Gasteiger partial charge in [0.05, 0.1) is 6.42 Å². The first kappa shape index (κ1) is 12.6. The minimum absolute atomic E-state index is 0.0255. The molecule has 1 amide bonds. The average molecular weight is 248 g/mol. The molecule has 0 radical (unpaired) electrons. The Hall–Kier alpha value is -1.88. The predicted molar refractivity (Wildman–Crippen MR) is 67.1 cm³/mol. The number of fused-ring (bicyclic) bond motifs is 1. The normalized spacial score (nSPS) is 10.8. The zero-order chi connectivity index (χ0) is 13.0. The average Bonchev–Trinajstić information content (AvgIpc) is 2.79. The molecule has 0 saturated carbocycles. The molecule has 0 spiro atoms. The van der Waals surface area contributed by atoms with E-state index < -0.39 is 0 Å². The summed E-state index contributed by atoms with van der Waals surface area (Å²) in [4.78, 5) is 13.5. The zero-order valence-corrected chi connectivity index (χ0v) is 10.3. The molecule has 0 bridgehead atoms. The maximum absolute atomic E-state index is 11.9. The Morgan fingerprint density at radius 2 is 2.22 bits per heavy atom. The number of carbonyl (C=O) groups is 1. The Morgan fingerprint density at radius 3 is 3.00 bits per heavy atom. The van der Waals surface area contributed by atoms with Crippen LogP contribution < -0.4 is 0 Å². The van der Waals surface area contributed by atoms with Crippen molar-refractivity contribution in [1.29, 1.82) is 0 Å². The molecule has 0 unspecified atom stereocenters. The number of para-hydroxylation sites is 1. The van der Waals surface area contributed by atoms with Crippen LogP contribution in [0.5, 0.6) is 0 Å². The minimum Gasteiger partial charge on any atom is -0.396 e. The van der Waals surface area contributed by atoms with Crippen molar-refractivity contribution < 1.29 is 14.4 Å². The Bertz CT molecular complexity index is 536. The number of carbonyl (C=O) groups excluding carboxylic acids is 1. The molecule has 2 rings (SSSR count). The topological polar surface area (TPSA) is 66.6 Å². The van der Waals surface area contributed by atoms with Crippen molar-refractivity contribution in [1.82, 2.24) is 10.1 Å². The van der Waals surface area contributed by atoms with Crippen molar-refractivity contribution in [3.63, 3.8) is 0 Å². The zero-order valence-electron chi connectivity index (χ0n) is 10.3. The Kier molecular flexibility index (Phi) is 3.94. The van der Waals surface area contributed by atoms with E-state index in [0.29, 0.717) is 24.2 Å². The predicted octanol–water partition coefficient (Wildman–Crippen LogP) is 1.21. The molecule has 1 aromatic carbocycles. The van der Waals surface area contributed by atoms with Crippen molar-refractivity contribution in [2.24, 2.45) is 0 Å². The summed E-state index contributed by atoms with van der Waals surface area (Å²) < 4.78 is 5.15. The largest absolute Gasteiger partial charge is 0.396 e. The number of aliphatic hydroxyl groups excluding tert-OH is 1. The lowest BCUT2D eigenvalue weighted by Gasteiger charge is -2.15. The van der Waals surface area contributed by atoms with Gasteiger partial charge in [-0.05, 0) is 18.6 Å². The van der Waals surface area contributed by atoms with E-state index in [9.17, 15) is 4.79 Å². The Morgan fingerprint density at radius 1 is 1.44 bits per heavy atom. The summed E-state index contributed by atoms with van der Waals surface area (Å²) in [6.07, 6.45) is 0.806. The molecule has 0 atom stereocenters. The second-order valence-corrected chi connectivity index (χ2v) is 4.19. The molecule has 1 heterocycles. The number of benzene rings is 1. The first-order valence-corrected chi connectivity index (χ1v) is 5.90. The lowest BCUT2D eigenvalue weighted by atomic mass is 10.1. The monoisotopic (exact) mass is 248 g/mol. The van der Waals surface area contributed by atoms with Crippen molar-refractivity contribution in [2.75, 3.05) is 20.2 Å². The van der Waals surface area contributed by atoms with Gasteiger partial charge in [0.1, 0.15) is 5.69 Å². The third kappa shape index (κ3) is 2.68. The summed E-state index contributed by atoms with van der Waals surface area (Å²) in [6, 6.07) is 7.48. The molecule has 0 aliphatic heterocycles. The highest BCUT2D eigenvalue weighted by atomic mass is 16.5. The fourth-order valence-electron chi connectivity index (χ4n) is 1.78. The van der Waals surface area contributed by atoms with E-state index in [4.69, 9.17) is 9.63 Å². The van der Waals surface area contributed by atoms with Gasteiger partial charge in [-0.25, -0.2) is 0 Å². The van der Waals surface area contributed by atoms with E-state index in [-0.39, 0.29) is 18.9 Å². The summed E-state index contributed by atoms with van der Waals surface area (Å²) in [5.74, 6) is -0.0255. The van der Waals surface area contributed by atoms with Gasteiger partial charge in [0, 0.05) is 25.6 Å². The molecule has 5 heteroatoms. The first-order valence-electron chi connectivity index (χ1n) is 5.90. The summed E-state index contributed by atoms with van der Waals surface area (Å²) in [5.41, 5.74) is 1.35. The number of aliphatic hydroxyl groups is 1. The van der Waals surface area contributed by atoms with Gasteiger partial charge in [-0.2, -0.15) is 0 Å². The molecular formula is C13H16N2O3. The third-order valence-electron chi connectivity index (χ3n) is 2.85. The van der Waals surface area contributed by atoms with Crippen LogP contribution in [0.15, 0.2) is 28.8 Å². The number of aromatic nitrogens is 1. The lowest BCUT2D eigenvalue weighted by molar-refractivity contribution is -0.129. The number of rotatable bonds is 5. The molecule has 18 heavy (non-hydrogen) atoms. The number of amides is 1. The Balaban J connectivity index is 2.07. The van der Waals surface area contributed by atoms with Gasteiger partial charge in [-0.15, -0.1) is 0 Å². The number of likely N-dealkylation sites (N-methyl/N-ethyl adjacent to an activating group) is 1. The standard InChI is InChI=1S/C13H16N2O3/c1-15(7-4-8-16)13(17)9-11-10-5-2-3-6-12(10)18-14-11/h2-3,5-6,16H,4,7-9H2,1H3. The molecule has 0 aliphatic carbocycles. The fraction of sp³-hybridized carbons (Fsp3) is 0.385. The van der Waals surface area contributed by atoms with Crippen LogP contribution in [-0.2, 0) is 11.2 Å². The summed E-state index contributed by atoms with van der Waals surface area (Å²) in [5, 5.41) is 13.5. The van der Waals surface area contributed by atoms with Crippen LogP contribution in [0.4, 0.5) is 0 Å². The van der Waals surface area contributed by atoms with Crippen LogP contribution in [0, 0.1) is 0 Å². The fourth-order valence-corrected chi connectivity index (χ4v) is 1.78. The van der Waals surface area contributed by atoms with E-state index in [1.807, 2.05) is 24.3 Å². The van der Waals surface area contributed by atoms with Crippen molar-refractivity contribution in [3.05, 3.63) is 30.0 Å². The molecule has 5 nitrogen and oxygen atoms in total. The molecule has 1 aromatic heterocycles. The molecule has 1 N–H and O–H groups in total. The molecule has 0 saturated heterocycles. The highest BCUT2D eigenvalue weighted by molar-refractivity contribution is 5.86. The van der Waals surface area contributed by atoms with E-state index >= 15 is 0 Å². The van der Waals surface area contributed by atoms with Crippen molar-refractivity contribution >= 4 is 16.9 Å². The van der Waals surface area contributed by atoms with Crippen LogP contribution in [0.2, 0.25) is 0 Å². The van der Waals surface area contributed by atoms with Gasteiger partial charge in [0.25, 0.3) is 0 Å². The van der Waals surface area contributed by atoms with Gasteiger partial charge in [-0.3, -0.25) is 4.79 Å². The van der Waals surface area contributed by atoms with Gasteiger partial charge >= 0.3 is 0 Å². The third-order valence-corrected chi connectivity index (χ3v) is 2.85. The molecule has 0 fully saturated rings. The smallest absolute Gasteiger partial charge is 0.228 e. The number of nitrogens with zero attached hydrogens (tertiary/aromatic N) is 2. The highest BCUT2D eigenvalue weighted by Gasteiger charge is 2.14.